The first-order valence-corrected chi connectivity index (χ1v) is 11.4. The fraction of sp³-hybridized carbons (Fsp3) is 0. The van der Waals surface area contributed by atoms with Crippen molar-refractivity contribution in [2.24, 2.45) is 3.21 Å². The van der Waals surface area contributed by atoms with Crippen LogP contribution in [0.15, 0.2) is 55.5 Å². The Bertz CT molecular complexity index is 728. The van der Waals surface area contributed by atoms with Gasteiger partial charge < -0.3 is 0 Å². The van der Waals surface area contributed by atoms with E-state index in [1.807, 2.05) is 26.4 Å². The second kappa shape index (κ2) is 7.72. The normalized spacial score (nSPS) is 17.5. The molecule has 22 heavy (non-hydrogen) atoms. The molecule has 0 saturated heterocycles. The molecule has 1 aromatic rings. The van der Waals surface area contributed by atoms with E-state index >= 15 is 0 Å². The standard InChI is InChI=1S/C13H9I3N3O3/c14-12-11(2-1-6-17-12)22-19-7-4-9(8-16-19)21-13-10(20)3-5-15-18-13/h1-8,20H/q-1. The van der Waals surface area contributed by atoms with Gasteiger partial charge in [0.2, 0.25) is 0 Å². The SMILES string of the molecule is OC1=CC=IN=C1OC1=C[I-]N(Oc2cccnc2I)C=C1. The molecule has 0 amide bonds. The van der Waals surface area contributed by atoms with Gasteiger partial charge in [0.25, 0.3) is 0 Å². The summed E-state index contributed by atoms with van der Waals surface area (Å²) in [5, 5.41) is 9.68. The van der Waals surface area contributed by atoms with Crippen molar-refractivity contribution < 1.29 is 36.2 Å². The summed E-state index contributed by atoms with van der Waals surface area (Å²) in [4.78, 5) is 9.96. The molecular formula is C13H9I3N3O3-. The van der Waals surface area contributed by atoms with E-state index in [1.165, 1.54) is 0 Å². The third-order valence-electron chi connectivity index (χ3n) is 2.36. The van der Waals surface area contributed by atoms with Crippen LogP contribution >= 0.6 is 43.6 Å². The van der Waals surface area contributed by atoms with Crippen LogP contribution in [0.4, 0.5) is 0 Å². The van der Waals surface area contributed by atoms with Gasteiger partial charge in [0.1, 0.15) is 0 Å². The molecule has 1 aromatic heterocycles. The van der Waals surface area contributed by atoms with Crippen LogP contribution in [0.5, 0.6) is 5.75 Å². The van der Waals surface area contributed by atoms with Crippen LogP contribution in [0.1, 0.15) is 0 Å². The second-order valence-electron chi connectivity index (χ2n) is 3.85. The average molecular weight is 636 g/mol. The maximum absolute atomic E-state index is 9.68. The molecule has 0 atom stereocenters. The van der Waals surface area contributed by atoms with Gasteiger partial charge in [0.15, 0.2) is 0 Å². The third kappa shape index (κ3) is 4.18. The molecule has 0 saturated carbocycles. The van der Waals surface area contributed by atoms with Gasteiger partial charge in [-0.25, -0.2) is 0 Å². The number of halogens is 3. The van der Waals surface area contributed by atoms with Crippen LogP contribution in [-0.2, 0) is 4.74 Å². The summed E-state index contributed by atoms with van der Waals surface area (Å²) in [6.07, 6.45) is 6.97. The predicted octanol–water partition coefficient (Wildman–Crippen LogP) is 0.213. The molecule has 9 heteroatoms. The quantitative estimate of drug-likeness (QED) is 0.293. The number of hydroxylamine groups is 1. The van der Waals surface area contributed by atoms with Crippen molar-refractivity contribution in [1.82, 2.24) is 8.26 Å². The number of hydrogen-bond acceptors (Lipinski definition) is 6. The van der Waals surface area contributed by atoms with Crippen molar-refractivity contribution in [2.45, 2.75) is 0 Å². The monoisotopic (exact) mass is 636 g/mol. The van der Waals surface area contributed by atoms with Gasteiger partial charge in [0, 0.05) is 0 Å². The van der Waals surface area contributed by atoms with Crippen molar-refractivity contribution in [3.05, 3.63) is 56.0 Å². The van der Waals surface area contributed by atoms with E-state index in [-0.39, 0.29) is 5.76 Å². The molecule has 1 N–H and O–H groups in total. The molecule has 2 aliphatic rings. The van der Waals surface area contributed by atoms with E-state index in [0.717, 1.165) is 9.45 Å². The van der Waals surface area contributed by atoms with E-state index in [2.05, 4.69) is 30.8 Å². The molecule has 116 valence electrons. The van der Waals surface area contributed by atoms with Crippen molar-refractivity contribution >= 4 is 53.5 Å². The topological polar surface area (TPSA) is 67.2 Å². The van der Waals surface area contributed by atoms with Crippen molar-refractivity contribution in [3.63, 3.8) is 0 Å². The summed E-state index contributed by atoms with van der Waals surface area (Å²) in [5.74, 6) is 1.77. The zero-order chi connectivity index (χ0) is 15.4. The molecule has 0 aliphatic carbocycles. The Morgan fingerprint density at radius 2 is 2.32 bits per heavy atom. The number of rotatable bonds is 3. The molecule has 0 spiro atoms. The van der Waals surface area contributed by atoms with Crippen LogP contribution in [0.3, 0.4) is 0 Å². The molecule has 3 heterocycles. The maximum atomic E-state index is 9.68. The number of aromatic nitrogens is 1. The molecule has 0 unspecified atom stereocenters. The van der Waals surface area contributed by atoms with Gasteiger partial charge in [-0.15, -0.1) is 0 Å². The molecule has 0 fully saturated rings. The molecular weight excluding hydrogens is 627 g/mol. The number of ether oxygens (including phenoxy) is 1. The van der Waals surface area contributed by atoms with E-state index in [9.17, 15) is 5.11 Å². The Kier molecular flexibility index (Phi) is 5.67. The van der Waals surface area contributed by atoms with Gasteiger partial charge in [0.05, 0.1) is 0 Å². The Balaban J connectivity index is 1.60. The van der Waals surface area contributed by atoms with Crippen molar-refractivity contribution in [3.8, 4) is 5.75 Å². The molecule has 3 rings (SSSR count). The summed E-state index contributed by atoms with van der Waals surface area (Å²) in [7, 11) is 0. The predicted molar refractivity (Wildman–Crippen MR) is 96.0 cm³/mol. The van der Waals surface area contributed by atoms with Gasteiger partial charge in [-0.05, 0) is 0 Å². The van der Waals surface area contributed by atoms with E-state index in [0.29, 0.717) is 11.7 Å². The Morgan fingerprint density at radius 3 is 3.05 bits per heavy atom. The van der Waals surface area contributed by atoms with Crippen LogP contribution in [-0.4, -0.2) is 23.3 Å². The zero-order valence-electron chi connectivity index (χ0n) is 10.9. The number of nitrogens with zero attached hydrogens (tertiary/aromatic N) is 3. The summed E-state index contributed by atoms with van der Waals surface area (Å²) < 4.78 is 16.3. The number of pyridine rings is 1. The molecule has 6 nitrogen and oxygen atoms in total. The van der Waals surface area contributed by atoms with E-state index in [1.54, 1.807) is 21.6 Å². The van der Waals surface area contributed by atoms with Crippen LogP contribution in [0.25, 0.3) is 0 Å². The number of aliphatic hydroxyl groups is 1. The number of aliphatic hydroxyl groups excluding tert-OH is 1. The summed E-state index contributed by atoms with van der Waals surface area (Å²) in [6.45, 7) is 0. The molecule has 0 radical (unpaired) electrons. The second-order valence-corrected chi connectivity index (χ2v) is 8.76. The van der Waals surface area contributed by atoms with E-state index in [4.69, 9.17) is 9.57 Å². The molecule has 0 aromatic carbocycles. The van der Waals surface area contributed by atoms with Gasteiger partial charge in [-0.3, -0.25) is 0 Å². The minimum absolute atomic E-state index is 0.0713. The summed E-state index contributed by atoms with van der Waals surface area (Å²) in [6, 6.07) is 3.71. The summed E-state index contributed by atoms with van der Waals surface area (Å²) >= 11 is 1.20. The fourth-order valence-corrected chi connectivity index (χ4v) is 4.65. The van der Waals surface area contributed by atoms with Gasteiger partial charge >= 0.3 is 163 Å². The zero-order valence-corrected chi connectivity index (χ0v) is 17.3. The average Bonchev–Trinajstić information content (AvgIpc) is 2.54. The van der Waals surface area contributed by atoms with Crippen LogP contribution < -0.4 is 26.3 Å². The molecule has 0 bridgehead atoms. The summed E-state index contributed by atoms with van der Waals surface area (Å²) in [5.41, 5.74) is 0. The molecule has 2 aliphatic heterocycles. The Morgan fingerprint density at radius 1 is 1.41 bits per heavy atom. The van der Waals surface area contributed by atoms with Crippen LogP contribution in [0.2, 0.25) is 0 Å². The third-order valence-corrected chi connectivity index (χ3v) is 6.52. The first kappa shape index (κ1) is 16.2. The Labute approximate surface area is 161 Å². The first-order valence-electron chi connectivity index (χ1n) is 5.93. The fourth-order valence-electron chi connectivity index (χ4n) is 1.39. The van der Waals surface area contributed by atoms with Gasteiger partial charge in [-0.1, -0.05) is 0 Å². The number of hydrogen-bond donors (Lipinski definition) is 1. The first-order chi connectivity index (χ1) is 10.7. The number of allylic oxidation sites excluding steroid dienone is 2. The van der Waals surface area contributed by atoms with Crippen molar-refractivity contribution in [1.29, 1.82) is 0 Å². The van der Waals surface area contributed by atoms with Gasteiger partial charge in [-0.2, -0.15) is 0 Å². The minimum atomic E-state index is -0.522. The van der Waals surface area contributed by atoms with Crippen molar-refractivity contribution in [2.75, 3.05) is 0 Å². The van der Waals surface area contributed by atoms with E-state index < -0.39 is 42.5 Å². The Hall–Kier alpha value is -0.700. The van der Waals surface area contributed by atoms with Crippen LogP contribution in [0, 0.1) is 3.70 Å².